The highest BCUT2D eigenvalue weighted by atomic mass is 35.5. The van der Waals surface area contributed by atoms with Crippen LogP contribution in [0.25, 0.3) is 5.65 Å². The number of benzene rings is 1. The van der Waals surface area contributed by atoms with Gasteiger partial charge in [0.15, 0.2) is 0 Å². The first kappa shape index (κ1) is 23.9. The van der Waals surface area contributed by atoms with Gasteiger partial charge in [-0.2, -0.15) is 0 Å². The Morgan fingerprint density at radius 3 is 2.70 bits per heavy atom. The smallest absolute Gasteiger partial charge is 0.258 e. The van der Waals surface area contributed by atoms with Crippen molar-refractivity contribution in [1.82, 2.24) is 14.7 Å². The third-order valence-electron chi connectivity index (χ3n) is 5.10. The molecule has 1 amide bonds. The molecule has 6 nitrogen and oxygen atoms in total. The second-order valence-corrected chi connectivity index (χ2v) is 7.44. The predicted molar refractivity (Wildman–Crippen MR) is 123 cm³/mol. The van der Waals surface area contributed by atoms with Crippen LogP contribution in [0.5, 0.6) is 0 Å². The summed E-state index contributed by atoms with van der Waals surface area (Å²) in [5.74, 6) is -0.976. The van der Waals surface area contributed by atoms with Gasteiger partial charge in [-0.05, 0) is 50.6 Å². The molecule has 1 aliphatic heterocycles. The number of aromatic nitrogens is 2. The van der Waals surface area contributed by atoms with Gasteiger partial charge in [0, 0.05) is 43.8 Å². The van der Waals surface area contributed by atoms with Crippen LogP contribution in [-0.4, -0.2) is 41.0 Å². The Balaban J connectivity index is 0.00000160. The fourth-order valence-corrected chi connectivity index (χ4v) is 3.63. The zero-order chi connectivity index (χ0) is 19.8. The van der Waals surface area contributed by atoms with E-state index in [0.717, 1.165) is 42.2 Å². The van der Waals surface area contributed by atoms with Crippen molar-refractivity contribution >= 4 is 47.7 Å². The molecule has 2 N–H and O–H groups in total. The van der Waals surface area contributed by atoms with Gasteiger partial charge >= 0.3 is 0 Å². The third-order valence-corrected chi connectivity index (χ3v) is 5.10. The SMILES string of the molecule is Cc1cn2cc(NC(=O)c3ccc(N4CCNC(C)C4)cc3F)c(C)cc2n1.Cl.Cl. The van der Waals surface area contributed by atoms with Gasteiger partial charge in [-0.1, -0.05) is 0 Å². The van der Waals surface area contributed by atoms with Crippen molar-refractivity contribution < 1.29 is 9.18 Å². The number of aryl methyl sites for hydroxylation is 2. The Kier molecular flexibility index (Phi) is 7.69. The molecule has 2 aromatic heterocycles. The summed E-state index contributed by atoms with van der Waals surface area (Å²) in [5, 5.41) is 6.19. The molecule has 3 aromatic rings. The number of hydrogen-bond acceptors (Lipinski definition) is 4. The minimum atomic E-state index is -0.515. The van der Waals surface area contributed by atoms with Gasteiger partial charge in [0.25, 0.3) is 5.91 Å². The predicted octanol–water partition coefficient (Wildman–Crippen LogP) is 3.98. The first-order chi connectivity index (χ1) is 13.4. The molecule has 1 saturated heterocycles. The van der Waals surface area contributed by atoms with Crippen molar-refractivity contribution in [2.45, 2.75) is 26.8 Å². The van der Waals surface area contributed by atoms with E-state index in [0.29, 0.717) is 11.7 Å². The summed E-state index contributed by atoms with van der Waals surface area (Å²) in [6, 6.07) is 7.06. The summed E-state index contributed by atoms with van der Waals surface area (Å²) in [5.41, 5.74) is 4.05. The van der Waals surface area contributed by atoms with E-state index in [4.69, 9.17) is 0 Å². The van der Waals surface area contributed by atoms with E-state index in [9.17, 15) is 9.18 Å². The van der Waals surface area contributed by atoms with Crippen molar-refractivity contribution in [2.24, 2.45) is 0 Å². The zero-order valence-electron chi connectivity index (χ0n) is 17.1. The number of piperazine rings is 1. The fourth-order valence-electron chi connectivity index (χ4n) is 3.63. The summed E-state index contributed by atoms with van der Waals surface area (Å²) in [6.45, 7) is 8.40. The molecule has 0 saturated carbocycles. The lowest BCUT2D eigenvalue weighted by Gasteiger charge is -2.33. The number of pyridine rings is 1. The van der Waals surface area contributed by atoms with E-state index in [2.05, 4.69) is 27.4 Å². The van der Waals surface area contributed by atoms with Gasteiger partial charge in [-0.25, -0.2) is 9.37 Å². The Morgan fingerprint density at radius 2 is 2.00 bits per heavy atom. The zero-order valence-corrected chi connectivity index (χ0v) is 18.7. The van der Waals surface area contributed by atoms with Crippen LogP contribution in [0, 0.1) is 19.7 Å². The third kappa shape index (κ3) is 4.86. The Morgan fingerprint density at radius 1 is 1.23 bits per heavy atom. The summed E-state index contributed by atoms with van der Waals surface area (Å²) in [4.78, 5) is 19.2. The molecule has 1 unspecified atom stereocenters. The number of nitrogens with one attached hydrogen (secondary N) is 2. The van der Waals surface area contributed by atoms with E-state index in [1.165, 1.54) is 6.07 Å². The number of amides is 1. The minimum Gasteiger partial charge on any atom is -0.369 e. The van der Waals surface area contributed by atoms with Crippen LogP contribution in [-0.2, 0) is 0 Å². The van der Waals surface area contributed by atoms with Gasteiger partial charge in [-0.3, -0.25) is 4.79 Å². The molecule has 0 spiro atoms. The first-order valence-corrected chi connectivity index (χ1v) is 9.46. The Labute approximate surface area is 187 Å². The Hall–Kier alpha value is -2.35. The second kappa shape index (κ2) is 9.64. The largest absolute Gasteiger partial charge is 0.369 e. The summed E-state index contributed by atoms with van der Waals surface area (Å²) < 4.78 is 16.5. The van der Waals surface area contributed by atoms with Crippen LogP contribution in [0.15, 0.2) is 36.7 Å². The molecule has 9 heteroatoms. The van der Waals surface area contributed by atoms with E-state index in [1.807, 2.05) is 36.6 Å². The number of nitrogens with zero attached hydrogens (tertiary/aromatic N) is 3. The van der Waals surface area contributed by atoms with Gasteiger partial charge in [-0.15, -0.1) is 24.8 Å². The molecule has 162 valence electrons. The fraction of sp³-hybridized carbons (Fsp3) is 0.333. The van der Waals surface area contributed by atoms with Crippen LogP contribution < -0.4 is 15.5 Å². The average molecular weight is 454 g/mol. The van der Waals surface area contributed by atoms with E-state index in [1.54, 1.807) is 12.3 Å². The normalized spacial score (nSPS) is 16.0. The Bertz CT molecular complexity index is 1060. The highest BCUT2D eigenvalue weighted by molar-refractivity contribution is 6.05. The molecule has 0 aliphatic carbocycles. The topological polar surface area (TPSA) is 61.7 Å². The number of hydrogen-bond donors (Lipinski definition) is 2. The average Bonchev–Trinajstić information content (AvgIpc) is 3.00. The van der Waals surface area contributed by atoms with Crippen LogP contribution in [0.2, 0.25) is 0 Å². The molecule has 3 heterocycles. The first-order valence-electron chi connectivity index (χ1n) is 9.46. The molecule has 0 radical (unpaired) electrons. The van der Waals surface area contributed by atoms with Crippen molar-refractivity contribution in [3.63, 3.8) is 0 Å². The number of halogens is 3. The summed E-state index contributed by atoms with van der Waals surface area (Å²) >= 11 is 0. The lowest BCUT2D eigenvalue weighted by atomic mass is 10.1. The molecule has 30 heavy (non-hydrogen) atoms. The van der Waals surface area contributed by atoms with Crippen molar-refractivity contribution in [3.8, 4) is 0 Å². The van der Waals surface area contributed by atoms with Gasteiger partial charge in [0.05, 0.1) is 16.9 Å². The van der Waals surface area contributed by atoms with E-state index < -0.39 is 11.7 Å². The molecule has 1 aromatic carbocycles. The number of rotatable bonds is 3. The molecular formula is C21H26Cl2FN5O. The monoisotopic (exact) mass is 453 g/mol. The number of carbonyl (C=O) groups is 1. The maximum Gasteiger partial charge on any atom is 0.258 e. The van der Waals surface area contributed by atoms with Gasteiger partial charge < -0.3 is 19.9 Å². The van der Waals surface area contributed by atoms with Crippen LogP contribution in [0.1, 0.15) is 28.5 Å². The van der Waals surface area contributed by atoms with Crippen molar-refractivity contribution in [1.29, 1.82) is 0 Å². The van der Waals surface area contributed by atoms with Crippen LogP contribution in [0.4, 0.5) is 15.8 Å². The molecule has 4 rings (SSSR count). The summed E-state index contributed by atoms with van der Waals surface area (Å²) in [6.07, 6.45) is 3.69. The number of anilines is 2. The number of carbonyl (C=O) groups excluding carboxylic acids is 1. The minimum absolute atomic E-state index is 0. The molecule has 0 bridgehead atoms. The summed E-state index contributed by atoms with van der Waals surface area (Å²) in [7, 11) is 0. The lowest BCUT2D eigenvalue weighted by molar-refractivity contribution is 0.102. The molecule has 1 atom stereocenters. The van der Waals surface area contributed by atoms with Crippen LogP contribution in [0.3, 0.4) is 0 Å². The molecule has 1 fully saturated rings. The van der Waals surface area contributed by atoms with Crippen LogP contribution >= 0.6 is 24.8 Å². The van der Waals surface area contributed by atoms with Gasteiger partial charge in [0.2, 0.25) is 0 Å². The van der Waals surface area contributed by atoms with Gasteiger partial charge in [0.1, 0.15) is 11.5 Å². The molecular weight excluding hydrogens is 428 g/mol. The maximum atomic E-state index is 14.7. The standard InChI is InChI=1S/C21H24FN5O.2ClH/c1-13-8-20-24-15(3)11-27(20)12-19(13)25-21(28)17-5-4-16(9-18(17)22)26-7-6-23-14(2)10-26;;/h4-5,8-9,11-12,14,23H,6-7,10H2,1-3H3,(H,25,28);2*1H. The highest BCUT2D eigenvalue weighted by Crippen LogP contribution is 2.23. The van der Waals surface area contributed by atoms with Crippen molar-refractivity contribution in [2.75, 3.05) is 29.9 Å². The van der Waals surface area contributed by atoms with Crippen molar-refractivity contribution in [3.05, 3.63) is 59.3 Å². The lowest BCUT2D eigenvalue weighted by Crippen LogP contribution is -2.49. The van der Waals surface area contributed by atoms with E-state index >= 15 is 0 Å². The number of fused-ring (bicyclic) bond motifs is 1. The van der Waals surface area contributed by atoms with E-state index in [-0.39, 0.29) is 30.4 Å². The second-order valence-electron chi connectivity index (χ2n) is 7.44. The number of imidazole rings is 1. The molecule has 1 aliphatic rings. The quantitative estimate of drug-likeness (QED) is 0.629. The highest BCUT2D eigenvalue weighted by Gasteiger charge is 2.19. The maximum absolute atomic E-state index is 14.7.